The highest BCUT2D eigenvalue weighted by Gasteiger charge is 2.13. The van der Waals surface area contributed by atoms with Gasteiger partial charge < -0.3 is 11.1 Å². The van der Waals surface area contributed by atoms with Gasteiger partial charge in [-0.3, -0.25) is 4.79 Å². The molecule has 1 aromatic heterocycles. The van der Waals surface area contributed by atoms with Crippen LogP contribution in [0.1, 0.15) is 17.4 Å². The second-order valence-corrected chi connectivity index (χ2v) is 6.12. The van der Waals surface area contributed by atoms with Gasteiger partial charge in [-0.25, -0.2) is 4.98 Å². The van der Waals surface area contributed by atoms with Crippen LogP contribution in [0.15, 0.2) is 30.5 Å². The van der Waals surface area contributed by atoms with Crippen molar-refractivity contribution in [3.8, 4) is 0 Å². The first-order chi connectivity index (χ1) is 9.58. The number of anilines is 1. The smallest absolute Gasteiger partial charge is 0.230 e. The summed E-state index contributed by atoms with van der Waals surface area (Å²) in [5.41, 5.74) is 6.58. The fourth-order valence-corrected chi connectivity index (χ4v) is 2.69. The number of hydrogen-bond acceptors (Lipinski definition) is 4. The quantitative estimate of drug-likeness (QED) is 0.872. The van der Waals surface area contributed by atoms with Gasteiger partial charge in [0.25, 0.3) is 0 Å². The van der Waals surface area contributed by atoms with Crippen molar-refractivity contribution in [2.45, 2.75) is 13.3 Å². The molecule has 1 amide bonds. The Labute approximate surface area is 139 Å². The van der Waals surface area contributed by atoms with Crippen LogP contribution in [0.2, 0.25) is 5.02 Å². The maximum atomic E-state index is 11.7. The summed E-state index contributed by atoms with van der Waals surface area (Å²) in [6, 6.07) is 7.71. The van der Waals surface area contributed by atoms with Crippen LogP contribution >= 0.6 is 35.3 Å². The fourth-order valence-electron chi connectivity index (χ4n) is 1.63. The largest absolute Gasteiger partial charge is 0.330 e. The van der Waals surface area contributed by atoms with Gasteiger partial charge >= 0.3 is 0 Å². The van der Waals surface area contributed by atoms with Crippen LogP contribution in [0.3, 0.4) is 0 Å². The van der Waals surface area contributed by atoms with Crippen molar-refractivity contribution in [3.05, 3.63) is 45.9 Å². The van der Waals surface area contributed by atoms with E-state index < -0.39 is 0 Å². The molecule has 2 aromatic rings. The van der Waals surface area contributed by atoms with Crippen molar-refractivity contribution in [3.63, 3.8) is 0 Å². The van der Waals surface area contributed by atoms with Crippen LogP contribution in [0.4, 0.5) is 5.13 Å². The van der Waals surface area contributed by atoms with E-state index in [-0.39, 0.29) is 24.2 Å². The predicted octanol–water partition coefficient (Wildman–Crippen LogP) is 3.34. The zero-order valence-corrected chi connectivity index (χ0v) is 13.9. The molecule has 0 aliphatic heterocycles. The molecule has 3 N–H and O–H groups in total. The van der Waals surface area contributed by atoms with Gasteiger partial charge in [-0.15, -0.1) is 23.7 Å². The lowest BCUT2D eigenvalue weighted by atomic mass is 10.1. The number of nitrogens with zero attached hydrogens (tertiary/aromatic N) is 1. The van der Waals surface area contributed by atoms with Crippen molar-refractivity contribution < 1.29 is 4.79 Å². The van der Waals surface area contributed by atoms with Crippen LogP contribution < -0.4 is 11.1 Å². The van der Waals surface area contributed by atoms with Gasteiger partial charge in [0, 0.05) is 35.0 Å². The van der Waals surface area contributed by atoms with Crippen molar-refractivity contribution >= 4 is 46.4 Å². The SMILES string of the molecule is CC(CN)C(=O)Nc1ncc(Cc2cccc(Cl)c2)s1.Cl. The van der Waals surface area contributed by atoms with E-state index in [0.717, 1.165) is 21.9 Å². The Bertz CT molecular complexity index is 603. The van der Waals surface area contributed by atoms with E-state index in [1.807, 2.05) is 24.3 Å². The molecule has 0 aliphatic carbocycles. The first kappa shape index (κ1) is 17.9. The number of amides is 1. The molecule has 0 saturated carbocycles. The molecule has 1 heterocycles. The summed E-state index contributed by atoms with van der Waals surface area (Å²) in [6.07, 6.45) is 2.52. The van der Waals surface area contributed by atoms with Crippen LogP contribution in [0.5, 0.6) is 0 Å². The van der Waals surface area contributed by atoms with E-state index >= 15 is 0 Å². The molecule has 0 saturated heterocycles. The molecule has 114 valence electrons. The standard InChI is InChI=1S/C14H16ClN3OS.ClH/c1-9(7-16)13(19)18-14-17-8-12(20-14)6-10-3-2-4-11(15)5-10;/h2-5,8-9H,6-7,16H2,1H3,(H,17,18,19);1H. The Morgan fingerprint density at radius 1 is 1.52 bits per heavy atom. The Morgan fingerprint density at radius 2 is 2.29 bits per heavy atom. The van der Waals surface area contributed by atoms with Gasteiger partial charge in [-0.2, -0.15) is 0 Å². The monoisotopic (exact) mass is 345 g/mol. The van der Waals surface area contributed by atoms with Gasteiger partial charge in [-0.1, -0.05) is 30.7 Å². The number of rotatable bonds is 5. The summed E-state index contributed by atoms with van der Waals surface area (Å²) >= 11 is 7.42. The van der Waals surface area contributed by atoms with Gasteiger partial charge in [0.15, 0.2) is 5.13 Å². The predicted molar refractivity (Wildman–Crippen MR) is 90.5 cm³/mol. The topological polar surface area (TPSA) is 68.0 Å². The highest BCUT2D eigenvalue weighted by Crippen LogP contribution is 2.22. The zero-order chi connectivity index (χ0) is 14.5. The number of nitrogens with one attached hydrogen (secondary N) is 1. The molecule has 1 aromatic carbocycles. The molecular formula is C14H17Cl2N3OS. The maximum Gasteiger partial charge on any atom is 0.230 e. The van der Waals surface area contributed by atoms with Crippen molar-refractivity contribution in [1.29, 1.82) is 0 Å². The first-order valence-electron chi connectivity index (χ1n) is 6.28. The molecule has 0 aliphatic rings. The Balaban J connectivity index is 0.00000220. The zero-order valence-electron chi connectivity index (χ0n) is 11.5. The average molecular weight is 346 g/mol. The van der Waals surface area contributed by atoms with E-state index in [9.17, 15) is 4.79 Å². The molecule has 1 unspecified atom stereocenters. The second-order valence-electron chi connectivity index (χ2n) is 4.56. The first-order valence-corrected chi connectivity index (χ1v) is 7.48. The summed E-state index contributed by atoms with van der Waals surface area (Å²) in [4.78, 5) is 17.0. The maximum absolute atomic E-state index is 11.7. The number of thiazole rings is 1. The van der Waals surface area contributed by atoms with E-state index in [0.29, 0.717) is 11.7 Å². The van der Waals surface area contributed by atoms with Crippen LogP contribution in [-0.2, 0) is 11.2 Å². The van der Waals surface area contributed by atoms with E-state index in [1.165, 1.54) is 11.3 Å². The number of hydrogen-bond donors (Lipinski definition) is 2. The lowest BCUT2D eigenvalue weighted by molar-refractivity contribution is -0.119. The van der Waals surface area contributed by atoms with Crippen molar-refractivity contribution in [1.82, 2.24) is 4.98 Å². The number of carbonyl (C=O) groups is 1. The highest BCUT2D eigenvalue weighted by molar-refractivity contribution is 7.15. The Hall–Kier alpha value is -1.14. The lowest BCUT2D eigenvalue weighted by Crippen LogP contribution is -2.26. The third kappa shape index (κ3) is 5.28. The number of nitrogens with two attached hydrogens (primary N) is 1. The van der Waals surface area contributed by atoms with Gasteiger partial charge in [0.2, 0.25) is 5.91 Å². The van der Waals surface area contributed by atoms with Gasteiger partial charge in [0.05, 0.1) is 0 Å². The molecular weight excluding hydrogens is 329 g/mol. The summed E-state index contributed by atoms with van der Waals surface area (Å²) in [5, 5.41) is 4.10. The van der Waals surface area contributed by atoms with Crippen molar-refractivity contribution in [2.24, 2.45) is 11.7 Å². The summed E-state index contributed by atoms with van der Waals surface area (Å²) in [7, 11) is 0. The minimum atomic E-state index is -0.213. The average Bonchev–Trinajstić information content (AvgIpc) is 2.85. The van der Waals surface area contributed by atoms with Gasteiger partial charge in [-0.05, 0) is 17.7 Å². The molecule has 0 fully saturated rings. The van der Waals surface area contributed by atoms with E-state index in [2.05, 4.69) is 10.3 Å². The van der Waals surface area contributed by atoms with Gasteiger partial charge in [0.1, 0.15) is 0 Å². The van der Waals surface area contributed by atoms with E-state index in [1.54, 1.807) is 13.1 Å². The fraction of sp³-hybridized carbons (Fsp3) is 0.286. The number of halogens is 2. The number of benzene rings is 1. The Kier molecular flexibility index (Phi) is 7.11. The van der Waals surface area contributed by atoms with Crippen LogP contribution in [0, 0.1) is 5.92 Å². The number of aromatic nitrogens is 1. The molecule has 4 nitrogen and oxygen atoms in total. The summed E-state index contributed by atoms with van der Waals surface area (Å²) < 4.78 is 0. The molecule has 21 heavy (non-hydrogen) atoms. The molecule has 2 rings (SSSR count). The highest BCUT2D eigenvalue weighted by atomic mass is 35.5. The Morgan fingerprint density at radius 3 is 2.95 bits per heavy atom. The van der Waals surface area contributed by atoms with E-state index in [4.69, 9.17) is 17.3 Å². The molecule has 7 heteroatoms. The molecule has 0 bridgehead atoms. The second kappa shape index (κ2) is 8.34. The van der Waals surface area contributed by atoms with Crippen LogP contribution in [-0.4, -0.2) is 17.4 Å². The summed E-state index contributed by atoms with van der Waals surface area (Å²) in [6.45, 7) is 2.11. The third-order valence-electron chi connectivity index (χ3n) is 2.85. The normalized spacial score (nSPS) is 11.6. The molecule has 0 radical (unpaired) electrons. The molecule has 0 spiro atoms. The molecule has 1 atom stereocenters. The minimum Gasteiger partial charge on any atom is -0.330 e. The van der Waals surface area contributed by atoms with Crippen molar-refractivity contribution in [2.75, 3.05) is 11.9 Å². The third-order valence-corrected chi connectivity index (χ3v) is 4.00. The minimum absolute atomic E-state index is 0. The number of carbonyl (C=O) groups excluding carboxylic acids is 1. The summed E-state index contributed by atoms with van der Waals surface area (Å²) in [5.74, 6) is -0.313. The lowest BCUT2D eigenvalue weighted by Gasteiger charge is -2.06. The van der Waals surface area contributed by atoms with Crippen LogP contribution in [0.25, 0.3) is 0 Å².